The molecule has 0 heterocycles. The molecule has 5 rings (SSSR count). The van der Waals surface area contributed by atoms with E-state index in [1.807, 2.05) is 7.11 Å². The molecule has 0 aliphatic heterocycles. The highest BCUT2D eigenvalue weighted by atomic mass is 16.5. The molecular formula is C22H34O. The standard InChI is InChI=1S/C22H34O/c1-13(2)15-5-6-17-16(15)7-8-19-18(17)11-20(23-4)22-12-14(22)9-10-21(19,22)3/h14-20H,1,5-12H2,2-4H3/t14-,15-,16-,17-,18+,19+,20-,21-,22?/m1/s1. The van der Waals surface area contributed by atoms with Crippen LogP contribution in [0.25, 0.3) is 0 Å². The third-order valence-corrected chi connectivity index (χ3v) is 9.78. The van der Waals surface area contributed by atoms with E-state index in [0.29, 0.717) is 16.9 Å². The molecule has 9 atom stereocenters. The molecule has 128 valence electrons. The maximum absolute atomic E-state index is 6.17. The Bertz CT molecular complexity index is 538. The number of rotatable bonds is 2. The number of methoxy groups -OCH3 is 1. The van der Waals surface area contributed by atoms with Crippen LogP contribution in [0.15, 0.2) is 12.2 Å². The molecule has 5 aliphatic carbocycles. The fourth-order valence-electron chi connectivity index (χ4n) is 8.84. The molecule has 0 aromatic rings. The Hall–Kier alpha value is -0.300. The molecular weight excluding hydrogens is 280 g/mol. The second-order valence-corrected chi connectivity index (χ2v) is 10.1. The van der Waals surface area contributed by atoms with E-state index in [-0.39, 0.29) is 0 Å². The van der Waals surface area contributed by atoms with E-state index in [1.54, 1.807) is 0 Å². The van der Waals surface area contributed by atoms with Gasteiger partial charge in [-0.3, -0.25) is 0 Å². The Labute approximate surface area is 142 Å². The van der Waals surface area contributed by atoms with Gasteiger partial charge in [-0.1, -0.05) is 19.1 Å². The minimum absolute atomic E-state index is 0.559. The summed E-state index contributed by atoms with van der Waals surface area (Å²) in [7, 11) is 2.00. The Morgan fingerprint density at radius 1 is 1.04 bits per heavy atom. The molecule has 0 aromatic heterocycles. The molecule has 0 bridgehead atoms. The minimum Gasteiger partial charge on any atom is -0.381 e. The Kier molecular flexibility index (Phi) is 3.03. The zero-order chi connectivity index (χ0) is 16.0. The van der Waals surface area contributed by atoms with Crippen molar-refractivity contribution in [2.75, 3.05) is 7.11 Å². The molecule has 1 spiro atoms. The van der Waals surface area contributed by atoms with Gasteiger partial charge in [0.25, 0.3) is 0 Å². The van der Waals surface area contributed by atoms with Crippen molar-refractivity contribution in [3.63, 3.8) is 0 Å². The molecule has 5 aliphatic rings. The van der Waals surface area contributed by atoms with Crippen LogP contribution in [0.2, 0.25) is 0 Å². The van der Waals surface area contributed by atoms with Crippen LogP contribution in [0.4, 0.5) is 0 Å². The Balaban J connectivity index is 1.49. The summed E-state index contributed by atoms with van der Waals surface area (Å²) >= 11 is 0. The lowest BCUT2D eigenvalue weighted by molar-refractivity contribution is -0.145. The molecule has 0 radical (unpaired) electrons. The number of ether oxygens (including phenoxy) is 1. The van der Waals surface area contributed by atoms with Crippen LogP contribution in [0.3, 0.4) is 0 Å². The number of allylic oxidation sites excluding steroid dienone is 1. The fourth-order valence-corrected chi connectivity index (χ4v) is 8.84. The van der Waals surface area contributed by atoms with E-state index in [9.17, 15) is 0 Å². The highest BCUT2D eigenvalue weighted by molar-refractivity contribution is 5.25. The topological polar surface area (TPSA) is 9.23 Å². The molecule has 0 saturated heterocycles. The van der Waals surface area contributed by atoms with Crippen molar-refractivity contribution >= 4 is 0 Å². The van der Waals surface area contributed by atoms with Crippen molar-refractivity contribution in [2.45, 2.75) is 71.3 Å². The SMILES string of the molecule is C=C(C)[C@H]1CC[C@@H]2[C@@H]1CC[C@H]1[C@H]2C[C@@H](OC)C23C[C@H]2CC[C@]13C. The highest BCUT2D eigenvalue weighted by Crippen LogP contribution is 2.81. The smallest absolute Gasteiger partial charge is 0.0638 e. The van der Waals surface area contributed by atoms with Gasteiger partial charge >= 0.3 is 0 Å². The highest BCUT2D eigenvalue weighted by Gasteiger charge is 2.76. The first kappa shape index (κ1) is 15.0. The third-order valence-electron chi connectivity index (χ3n) is 9.78. The zero-order valence-corrected chi connectivity index (χ0v) is 15.3. The van der Waals surface area contributed by atoms with E-state index in [2.05, 4.69) is 20.4 Å². The second-order valence-electron chi connectivity index (χ2n) is 10.1. The maximum Gasteiger partial charge on any atom is 0.0638 e. The van der Waals surface area contributed by atoms with Gasteiger partial charge in [0.05, 0.1) is 6.10 Å². The monoisotopic (exact) mass is 314 g/mol. The summed E-state index contributed by atoms with van der Waals surface area (Å²) in [4.78, 5) is 0. The van der Waals surface area contributed by atoms with Crippen molar-refractivity contribution in [2.24, 2.45) is 46.3 Å². The average molecular weight is 315 g/mol. The molecule has 0 aromatic carbocycles. The molecule has 0 amide bonds. The Morgan fingerprint density at radius 2 is 1.83 bits per heavy atom. The molecule has 1 unspecified atom stereocenters. The van der Waals surface area contributed by atoms with Crippen LogP contribution in [-0.4, -0.2) is 13.2 Å². The molecule has 0 N–H and O–H groups in total. The van der Waals surface area contributed by atoms with Crippen LogP contribution >= 0.6 is 0 Å². The van der Waals surface area contributed by atoms with E-state index < -0.39 is 0 Å². The molecule has 5 fully saturated rings. The zero-order valence-electron chi connectivity index (χ0n) is 15.3. The predicted octanol–water partition coefficient (Wildman–Crippen LogP) is 5.46. The van der Waals surface area contributed by atoms with Gasteiger partial charge in [0.2, 0.25) is 0 Å². The molecule has 23 heavy (non-hydrogen) atoms. The maximum atomic E-state index is 6.17. The summed E-state index contributed by atoms with van der Waals surface area (Å²) in [5.74, 6) is 5.68. The Morgan fingerprint density at radius 3 is 2.52 bits per heavy atom. The quantitative estimate of drug-likeness (QED) is 0.615. The lowest BCUT2D eigenvalue weighted by atomic mass is 9.48. The van der Waals surface area contributed by atoms with E-state index in [4.69, 9.17) is 4.74 Å². The lowest BCUT2D eigenvalue weighted by Crippen LogP contribution is -2.55. The van der Waals surface area contributed by atoms with Crippen molar-refractivity contribution in [1.82, 2.24) is 0 Å². The normalized spacial score (nSPS) is 59.7. The van der Waals surface area contributed by atoms with Crippen LogP contribution in [0.5, 0.6) is 0 Å². The first-order valence-corrected chi connectivity index (χ1v) is 10.2. The summed E-state index contributed by atoms with van der Waals surface area (Å²) in [6, 6.07) is 0. The number of fused-ring (bicyclic) bond motifs is 4. The molecule has 1 nitrogen and oxygen atoms in total. The number of hydrogen-bond donors (Lipinski definition) is 0. The van der Waals surface area contributed by atoms with Gasteiger partial charge in [-0.15, -0.1) is 0 Å². The van der Waals surface area contributed by atoms with Crippen molar-refractivity contribution < 1.29 is 4.74 Å². The van der Waals surface area contributed by atoms with E-state index in [0.717, 1.165) is 35.5 Å². The third kappa shape index (κ3) is 1.64. The lowest BCUT2D eigenvalue weighted by Gasteiger charge is -2.58. The van der Waals surface area contributed by atoms with Crippen molar-refractivity contribution in [3.8, 4) is 0 Å². The number of hydrogen-bond acceptors (Lipinski definition) is 1. The van der Waals surface area contributed by atoms with Crippen LogP contribution < -0.4 is 0 Å². The summed E-state index contributed by atoms with van der Waals surface area (Å²) in [5, 5.41) is 0. The fraction of sp³-hybridized carbons (Fsp3) is 0.909. The van der Waals surface area contributed by atoms with Gasteiger partial charge in [-0.2, -0.15) is 0 Å². The van der Waals surface area contributed by atoms with Gasteiger partial charge < -0.3 is 4.74 Å². The largest absolute Gasteiger partial charge is 0.381 e. The predicted molar refractivity (Wildman–Crippen MR) is 94.0 cm³/mol. The average Bonchev–Trinajstić information content (AvgIpc) is 2.96. The van der Waals surface area contributed by atoms with E-state index >= 15 is 0 Å². The second kappa shape index (κ2) is 4.65. The van der Waals surface area contributed by atoms with Crippen molar-refractivity contribution in [1.29, 1.82) is 0 Å². The molecule has 5 saturated carbocycles. The van der Waals surface area contributed by atoms with Gasteiger partial charge in [0.1, 0.15) is 0 Å². The van der Waals surface area contributed by atoms with Crippen LogP contribution in [0.1, 0.15) is 65.2 Å². The van der Waals surface area contributed by atoms with Gasteiger partial charge in [0, 0.05) is 12.5 Å². The van der Waals surface area contributed by atoms with Crippen LogP contribution in [0, 0.1) is 46.3 Å². The molecule has 1 heteroatoms. The first-order chi connectivity index (χ1) is 11.0. The first-order valence-electron chi connectivity index (χ1n) is 10.2. The summed E-state index contributed by atoms with van der Waals surface area (Å²) in [6.45, 7) is 9.28. The minimum atomic E-state index is 0.559. The van der Waals surface area contributed by atoms with Crippen LogP contribution in [-0.2, 0) is 4.74 Å². The summed E-state index contributed by atoms with van der Waals surface area (Å²) < 4.78 is 6.17. The van der Waals surface area contributed by atoms with Gasteiger partial charge in [-0.25, -0.2) is 0 Å². The van der Waals surface area contributed by atoms with Crippen molar-refractivity contribution in [3.05, 3.63) is 12.2 Å². The van der Waals surface area contributed by atoms with Gasteiger partial charge in [0.15, 0.2) is 0 Å². The van der Waals surface area contributed by atoms with Gasteiger partial charge in [-0.05, 0) is 99.2 Å². The summed E-state index contributed by atoms with van der Waals surface area (Å²) in [5.41, 5.74) is 2.64. The summed E-state index contributed by atoms with van der Waals surface area (Å²) in [6.07, 6.45) is 12.2. The van der Waals surface area contributed by atoms with E-state index in [1.165, 1.54) is 56.9 Å².